The third-order valence-electron chi connectivity index (χ3n) is 6.46. The Kier molecular flexibility index (Phi) is 6.84. The fraction of sp³-hybridized carbons (Fsp3) is 0.172. The number of fused-ring (bicyclic) bond motifs is 1. The van der Waals surface area contributed by atoms with Gasteiger partial charge in [-0.05, 0) is 81.4 Å². The van der Waals surface area contributed by atoms with Gasteiger partial charge in [0.05, 0.1) is 12.0 Å². The number of hydrogen-bond donors (Lipinski definition) is 1. The minimum absolute atomic E-state index is 0.0984. The lowest BCUT2D eigenvalue weighted by molar-refractivity contribution is -0.137. The van der Waals surface area contributed by atoms with Crippen LogP contribution in [0.15, 0.2) is 83.6 Å². The Hall–Kier alpha value is -3.91. The molecule has 1 N–H and O–H groups in total. The zero-order valence-electron chi connectivity index (χ0n) is 19.7. The molecular weight excluding hydrogens is 497 g/mol. The molecule has 188 valence electrons. The Morgan fingerprint density at radius 1 is 0.946 bits per heavy atom. The minimum atomic E-state index is -4.42. The van der Waals surface area contributed by atoms with E-state index < -0.39 is 11.7 Å². The second-order valence-electron chi connectivity index (χ2n) is 8.93. The highest BCUT2D eigenvalue weighted by Crippen LogP contribution is 2.32. The highest BCUT2D eigenvalue weighted by molar-refractivity contribution is 7.08. The van der Waals surface area contributed by atoms with Gasteiger partial charge in [0, 0.05) is 24.3 Å². The van der Waals surface area contributed by atoms with Crippen LogP contribution in [0.4, 0.5) is 18.9 Å². The molecule has 1 aromatic heterocycles. The summed E-state index contributed by atoms with van der Waals surface area (Å²) in [6.45, 7) is 1.15. The summed E-state index contributed by atoms with van der Waals surface area (Å²) in [5.74, 6) is -0.250. The monoisotopic (exact) mass is 520 g/mol. The molecule has 2 amide bonds. The van der Waals surface area contributed by atoms with Gasteiger partial charge in [0.25, 0.3) is 5.91 Å². The van der Waals surface area contributed by atoms with Crippen LogP contribution in [0.25, 0.3) is 11.1 Å². The summed E-state index contributed by atoms with van der Waals surface area (Å²) < 4.78 is 38.8. The van der Waals surface area contributed by atoms with E-state index in [2.05, 4.69) is 5.32 Å². The molecule has 0 spiro atoms. The topological polar surface area (TPSA) is 49.4 Å². The van der Waals surface area contributed by atoms with Crippen LogP contribution in [0, 0.1) is 0 Å². The van der Waals surface area contributed by atoms with Gasteiger partial charge in [-0.2, -0.15) is 24.5 Å². The Labute approximate surface area is 216 Å². The number of anilines is 1. The van der Waals surface area contributed by atoms with Crippen LogP contribution in [0.1, 0.15) is 32.6 Å². The molecule has 0 bridgehead atoms. The molecular formula is C29H23F3N2O2S. The van der Waals surface area contributed by atoms with Crippen molar-refractivity contribution in [2.24, 2.45) is 0 Å². The number of alkyl halides is 3. The molecule has 1 aliphatic heterocycles. The lowest BCUT2D eigenvalue weighted by Crippen LogP contribution is -2.36. The molecule has 3 aromatic carbocycles. The summed E-state index contributed by atoms with van der Waals surface area (Å²) >= 11 is 1.58. The number of amides is 2. The molecule has 8 heteroatoms. The fourth-order valence-corrected chi connectivity index (χ4v) is 5.16. The number of carbonyl (C=O) groups excluding carboxylic acids is 2. The van der Waals surface area contributed by atoms with Crippen molar-refractivity contribution in [3.63, 3.8) is 0 Å². The highest BCUT2D eigenvalue weighted by Gasteiger charge is 2.30. The summed E-state index contributed by atoms with van der Waals surface area (Å²) in [5.41, 5.74) is 4.48. The number of rotatable bonds is 5. The van der Waals surface area contributed by atoms with E-state index in [0.29, 0.717) is 48.3 Å². The van der Waals surface area contributed by atoms with Crippen molar-refractivity contribution in [1.82, 2.24) is 4.90 Å². The van der Waals surface area contributed by atoms with Gasteiger partial charge in [-0.1, -0.05) is 36.4 Å². The van der Waals surface area contributed by atoms with Crippen LogP contribution in [-0.4, -0.2) is 23.3 Å². The first-order valence-corrected chi connectivity index (χ1v) is 12.7. The molecule has 4 nitrogen and oxygen atoms in total. The van der Waals surface area contributed by atoms with Crippen molar-refractivity contribution in [2.45, 2.75) is 25.6 Å². The molecule has 0 aliphatic carbocycles. The maximum Gasteiger partial charge on any atom is 0.416 e. The SMILES string of the molecule is O=C(Nc1ccc2c(c1)CCN(C(=O)Cc1ccsc1)C2)c1ccccc1-c1ccc(C(F)(F)F)cc1. The largest absolute Gasteiger partial charge is 0.416 e. The van der Waals surface area contributed by atoms with Crippen molar-refractivity contribution in [1.29, 1.82) is 0 Å². The smallest absolute Gasteiger partial charge is 0.338 e. The average molecular weight is 521 g/mol. The van der Waals surface area contributed by atoms with Crippen LogP contribution in [-0.2, 0) is 30.4 Å². The van der Waals surface area contributed by atoms with E-state index in [-0.39, 0.29) is 11.8 Å². The Morgan fingerprint density at radius 3 is 2.46 bits per heavy atom. The first kappa shape index (κ1) is 24.8. The molecule has 0 saturated carbocycles. The van der Waals surface area contributed by atoms with Crippen LogP contribution in [0.3, 0.4) is 0 Å². The maximum absolute atomic E-state index is 13.2. The van der Waals surface area contributed by atoms with E-state index in [1.54, 1.807) is 35.6 Å². The third-order valence-corrected chi connectivity index (χ3v) is 7.19. The molecule has 0 fully saturated rings. The molecule has 1 aliphatic rings. The number of hydrogen-bond acceptors (Lipinski definition) is 3. The summed E-state index contributed by atoms with van der Waals surface area (Å²) in [6.07, 6.45) is -3.34. The lowest BCUT2D eigenvalue weighted by atomic mass is 9.97. The lowest BCUT2D eigenvalue weighted by Gasteiger charge is -2.29. The standard InChI is InChI=1S/C29H23F3N2O2S/c30-29(31,32)23-8-5-20(6-9-23)25-3-1-2-4-26(25)28(36)33-24-10-7-22-17-34(13-11-21(22)16-24)27(35)15-19-12-14-37-18-19/h1-10,12,14,16,18H,11,13,15,17H2,(H,33,36). The number of benzene rings is 3. The maximum atomic E-state index is 13.2. The summed E-state index contributed by atoms with van der Waals surface area (Å²) in [5, 5.41) is 6.87. The van der Waals surface area contributed by atoms with Gasteiger partial charge >= 0.3 is 6.18 Å². The van der Waals surface area contributed by atoms with E-state index in [0.717, 1.165) is 28.8 Å². The second-order valence-corrected chi connectivity index (χ2v) is 9.71. The van der Waals surface area contributed by atoms with Gasteiger partial charge in [0.1, 0.15) is 0 Å². The van der Waals surface area contributed by atoms with Gasteiger partial charge in [-0.15, -0.1) is 0 Å². The number of nitrogens with zero attached hydrogens (tertiary/aromatic N) is 1. The minimum Gasteiger partial charge on any atom is -0.338 e. The molecule has 0 saturated heterocycles. The van der Waals surface area contributed by atoms with Crippen LogP contribution < -0.4 is 5.32 Å². The number of nitrogens with one attached hydrogen (secondary N) is 1. The fourth-order valence-electron chi connectivity index (χ4n) is 4.49. The van der Waals surface area contributed by atoms with E-state index in [1.807, 2.05) is 39.9 Å². The van der Waals surface area contributed by atoms with Crippen molar-refractivity contribution < 1.29 is 22.8 Å². The first-order chi connectivity index (χ1) is 17.8. The van der Waals surface area contributed by atoms with Crippen LogP contribution in [0.2, 0.25) is 0 Å². The Morgan fingerprint density at radius 2 is 1.73 bits per heavy atom. The van der Waals surface area contributed by atoms with Gasteiger partial charge in [0.2, 0.25) is 5.91 Å². The summed E-state index contributed by atoms with van der Waals surface area (Å²) in [6, 6.07) is 19.2. The van der Waals surface area contributed by atoms with Gasteiger partial charge in [-0.25, -0.2) is 0 Å². The van der Waals surface area contributed by atoms with Crippen LogP contribution in [0.5, 0.6) is 0 Å². The molecule has 2 heterocycles. The van der Waals surface area contributed by atoms with Gasteiger partial charge in [-0.3, -0.25) is 9.59 Å². The Balaban J connectivity index is 1.29. The summed E-state index contributed by atoms with van der Waals surface area (Å²) in [4.78, 5) is 27.7. The van der Waals surface area contributed by atoms with Crippen molar-refractivity contribution in [2.75, 3.05) is 11.9 Å². The number of thiophene rings is 1. The quantitative estimate of drug-likeness (QED) is 0.314. The van der Waals surface area contributed by atoms with Gasteiger partial charge < -0.3 is 10.2 Å². The predicted molar refractivity (Wildman–Crippen MR) is 138 cm³/mol. The number of halogens is 3. The molecule has 5 rings (SSSR count). The van der Waals surface area contributed by atoms with E-state index in [1.165, 1.54) is 12.1 Å². The normalized spacial score (nSPS) is 13.2. The zero-order valence-corrected chi connectivity index (χ0v) is 20.5. The van der Waals surface area contributed by atoms with Crippen molar-refractivity contribution >= 4 is 28.8 Å². The van der Waals surface area contributed by atoms with Gasteiger partial charge in [0.15, 0.2) is 0 Å². The zero-order chi connectivity index (χ0) is 26.0. The predicted octanol–water partition coefficient (Wildman–Crippen LogP) is 6.81. The highest BCUT2D eigenvalue weighted by atomic mass is 32.1. The molecule has 4 aromatic rings. The third kappa shape index (κ3) is 5.59. The van der Waals surface area contributed by atoms with Crippen molar-refractivity contribution in [3.8, 4) is 11.1 Å². The van der Waals surface area contributed by atoms with Crippen LogP contribution >= 0.6 is 11.3 Å². The van der Waals surface area contributed by atoms with Crippen molar-refractivity contribution in [3.05, 3.63) is 111 Å². The van der Waals surface area contributed by atoms with E-state index in [9.17, 15) is 22.8 Å². The molecule has 0 unspecified atom stereocenters. The Bertz CT molecular complexity index is 1430. The molecule has 37 heavy (non-hydrogen) atoms. The second kappa shape index (κ2) is 10.2. The van der Waals surface area contributed by atoms with E-state index in [4.69, 9.17) is 0 Å². The average Bonchev–Trinajstić information content (AvgIpc) is 3.41. The number of carbonyl (C=O) groups is 2. The molecule has 0 atom stereocenters. The van der Waals surface area contributed by atoms with E-state index >= 15 is 0 Å². The first-order valence-electron chi connectivity index (χ1n) is 11.8. The summed E-state index contributed by atoms with van der Waals surface area (Å²) in [7, 11) is 0. The molecule has 0 radical (unpaired) electrons.